The van der Waals surface area contributed by atoms with Crippen molar-refractivity contribution in [2.45, 2.75) is 77.3 Å². The maximum absolute atomic E-state index is 5.54. The van der Waals surface area contributed by atoms with Crippen LogP contribution in [0.2, 0.25) is 0 Å². The van der Waals surface area contributed by atoms with Crippen LogP contribution in [0, 0.1) is 5.41 Å². The summed E-state index contributed by atoms with van der Waals surface area (Å²) in [6.07, 6.45) is 8.51. The largest absolute Gasteiger partial charge is 0.379 e. The van der Waals surface area contributed by atoms with Gasteiger partial charge in [0.15, 0.2) is 0 Å². The zero-order valence-corrected chi connectivity index (χ0v) is 15.3. The van der Waals surface area contributed by atoms with E-state index in [-0.39, 0.29) is 0 Å². The van der Waals surface area contributed by atoms with Gasteiger partial charge >= 0.3 is 0 Å². The Balaban J connectivity index is 1.55. The van der Waals surface area contributed by atoms with Gasteiger partial charge in [-0.05, 0) is 84.7 Å². The Hall–Kier alpha value is -0.120. The monoisotopic (exact) mass is 308 g/mol. The number of piperidine rings is 1. The summed E-state index contributed by atoms with van der Waals surface area (Å²) in [5.74, 6) is 0. The Morgan fingerprint density at radius 1 is 0.773 bits per heavy atom. The summed E-state index contributed by atoms with van der Waals surface area (Å²) in [6, 6.07) is 0. The van der Waals surface area contributed by atoms with E-state index in [9.17, 15) is 0 Å². The first-order chi connectivity index (χ1) is 10.3. The van der Waals surface area contributed by atoms with Crippen LogP contribution in [0.15, 0.2) is 0 Å². The van der Waals surface area contributed by atoms with Gasteiger partial charge in [-0.2, -0.15) is 0 Å². The second-order valence-corrected chi connectivity index (χ2v) is 9.25. The molecule has 3 fully saturated rings. The fraction of sp³-hybridized carbons (Fsp3) is 1.00. The molecule has 3 heteroatoms. The van der Waals surface area contributed by atoms with Crippen molar-refractivity contribution in [1.29, 1.82) is 0 Å². The van der Waals surface area contributed by atoms with E-state index < -0.39 is 0 Å². The second-order valence-electron chi connectivity index (χ2n) is 9.25. The molecule has 22 heavy (non-hydrogen) atoms. The van der Waals surface area contributed by atoms with Gasteiger partial charge in [-0.3, -0.25) is 9.80 Å². The minimum absolute atomic E-state index is 0.346. The van der Waals surface area contributed by atoms with Crippen LogP contribution in [0.4, 0.5) is 0 Å². The first kappa shape index (κ1) is 16.7. The van der Waals surface area contributed by atoms with Crippen molar-refractivity contribution in [1.82, 2.24) is 9.80 Å². The van der Waals surface area contributed by atoms with Gasteiger partial charge < -0.3 is 4.74 Å². The summed E-state index contributed by atoms with van der Waals surface area (Å²) in [5, 5.41) is 0. The van der Waals surface area contributed by atoms with E-state index in [1.54, 1.807) is 0 Å². The number of likely N-dealkylation sites (tertiary alicyclic amines) is 1. The summed E-state index contributed by atoms with van der Waals surface area (Å²) >= 11 is 0. The van der Waals surface area contributed by atoms with Crippen molar-refractivity contribution >= 4 is 0 Å². The molecule has 3 nitrogen and oxygen atoms in total. The predicted octanol–water partition coefficient (Wildman–Crippen LogP) is 3.53. The maximum Gasteiger partial charge on any atom is 0.0594 e. The molecule has 128 valence electrons. The second kappa shape index (κ2) is 6.07. The lowest BCUT2D eigenvalue weighted by Crippen LogP contribution is -2.56. The molecule has 2 saturated heterocycles. The molecule has 0 unspecified atom stereocenters. The zero-order valence-electron chi connectivity index (χ0n) is 15.3. The molecule has 2 aliphatic heterocycles. The lowest BCUT2D eigenvalue weighted by atomic mass is 9.63. The third-order valence-corrected chi connectivity index (χ3v) is 6.94. The number of morpholine rings is 1. The molecule has 0 amide bonds. The molecular formula is C19H36N2O. The van der Waals surface area contributed by atoms with Gasteiger partial charge in [0.1, 0.15) is 0 Å². The van der Waals surface area contributed by atoms with E-state index >= 15 is 0 Å². The average molecular weight is 309 g/mol. The first-order valence-corrected chi connectivity index (χ1v) is 9.41. The highest BCUT2D eigenvalue weighted by atomic mass is 16.5. The SMILES string of the molecule is CC(C)(C)N1CCC2(CC1)CCC(C)(N1CCOCC1)CC2. The summed E-state index contributed by atoms with van der Waals surface area (Å²) in [7, 11) is 0. The van der Waals surface area contributed by atoms with Crippen LogP contribution in [-0.2, 0) is 4.74 Å². The fourth-order valence-corrected chi connectivity index (χ4v) is 4.89. The molecule has 1 aliphatic carbocycles. The third-order valence-electron chi connectivity index (χ3n) is 6.94. The van der Waals surface area contributed by atoms with Crippen LogP contribution in [0.3, 0.4) is 0 Å². The minimum atomic E-state index is 0.346. The third kappa shape index (κ3) is 3.37. The fourth-order valence-electron chi connectivity index (χ4n) is 4.89. The van der Waals surface area contributed by atoms with Crippen LogP contribution >= 0.6 is 0 Å². The molecule has 0 aromatic rings. The van der Waals surface area contributed by atoms with Crippen molar-refractivity contribution in [2.75, 3.05) is 39.4 Å². The van der Waals surface area contributed by atoms with Gasteiger partial charge in [-0.1, -0.05) is 0 Å². The quantitative estimate of drug-likeness (QED) is 0.737. The normalized spacial score (nSPS) is 30.5. The highest BCUT2D eigenvalue weighted by Gasteiger charge is 2.45. The van der Waals surface area contributed by atoms with Crippen LogP contribution in [-0.4, -0.2) is 60.3 Å². The van der Waals surface area contributed by atoms with Gasteiger partial charge in [0.25, 0.3) is 0 Å². The summed E-state index contributed by atoms with van der Waals surface area (Å²) in [4.78, 5) is 5.40. The van der Waals surface area contributed by atoms with Gasteiger partial charge in [0.2, 0.25) is 0 Å². The first-order valence-electron chi connectivity index (χ1n) is 9.41. The summed E-state index contributed by atoms with van der Waals surface area (Å²) < 4.78 is 5.54. The van der Waals surface area contributed by atoms with Crippen molar-refractivity contribution in [2.24, 2.45) is 5.41 Å². The standard InChI is InChI=1S/C19H36N2O/c1-17(2,3)20-11-9-19(10-12-20)7-5-18(4,6-8-19)21-13-15-22-16-14-21/h5-16H2,1-4H3. The average Bonchev–Trinajstić information content (AvgIpc) is 2.51. The van der Waals surface area contributed by atoms with Gasteiger partial charge in [0.05, 0.1) is 13.2 Å². The molecule has 1 spiro atoms. The van der Waals surface area contributed by atoms with E-state index in [0.717, 1.165) is 26.3 Å². The lowest BCUT2D eigenvalue weighted by Gasteiger charge is -2.54. The highest BCUT2D eigenvalue weighted by Crippen LogP contribution is 2.49. The summed E-state index contributed by atoms with van der Waals surface area (Å²) in [6.45, 7) is 16.3. The molecule has 0 aromatic heterocycles. The zero-order chi connectivity index (χ0) is 15.8. The van der Waals surface area contributed by atoms with Gasteiger partial charge in [-0.15, -0.1) is 0 Å². The lowest BCUT2D eigenvalue weighted by molar-refractivity contribution is -0.0604. The van der Waals surface area contributed by atoms with E-state index in [4.69, 9.17) is 4.74 Å². The van der Waals surface area contributed by atoms with Crippen molar-refractivity contribution in [3.05, 3.63) is 0 Å². The molecule has 0 radical (unpaired) electrons. The Kier molecular flexibility index (Phi) is 4.61. The Morgan fingerprint density at radius 2 is 1.32 bits per heavy atom. The molecule has 0 bridgehead atoms. The number of ether oxygens (including phenoxy) is 1. The molecule has 2 heterocycles. The molecule has 1 saturated carbocycles. The predicted molar refractivity (Wildman–Crippen MR) is 92.3 cm³/mol. The minimum Gasteiger partial charge on any atom is -0.379 e. The van der Waals surface area contributed by atoms with Gasteiger partial charge in [0, 0.05) is 24.2 Å². The Labute approximate surface area is 137 Å². The van der Waals surface area contributed by atoms with E-state index in [2.05, 4.69) is 37.5 Å². The number of hydrogen-bond donors (Lipinski definition) is 0. The van der Waals surface area contributed by atoms with Crippen molar-refractivity contribution in [3.63, 3.8) is 0 Å². The number of rotatable bonds is 1. The molecule has 0 atom stereocenters. The molecule has 3 aliphatic rings. The van der Waals surface area contributed by atoms with E-state index in [1.165, 1.54) is 51.6 Å². The topological polar surface area (TPSA) is 15.7 Å². The van der Waals surface area contributed by atoms with E-state index in [0.29, 0.717) is 16.5 Å². The molecule has 3 rings (SSSR count). The van der Waals surface area contributed by atoms with Crippen LogP contribution in [0.1, 0.15) is 66.2 Å². The summed E-state index contributed by atoms with van der Waals surface area (Å²) in [5.41, 5.74) is 1.45. The van der Waals surface area contributed by atoms with E-state index in [1.807, 2.05) is 0 Å². The Morgan fingerprint density at radius 3 is 1.82 bits per heavy atom. The molecular weight excluding hydrogens is 272 g/mol. The van der Waals surface area contributed by atoms with Crippen molar-refractivity contribution < 1.29 is 4.74 Å². The number of nitrogens with zero attached hydrogens (tertiary/aromatic N) is 2. The van der Waals surface area contributed by atoms with Crippen LogP contribution < -0.4 is 0 Å². The Bertz CT molecular complexity index is 363. The highest BCUT2D eigenvalue weighted by molar-refractivity contribution is 4.99. The van der Waals surface area contributed by atoms with Crippen LogP contribution in [0.5, 0.6) is 0 Å². The maximum atomic E-state index is 5.54. The van der Waals surface area contributed by atoms with Crippen LogP contribution in [0.25, 0.3) is 0 Å². The smallest absolute Gasteiger partial charge is 0.0594 e. The number of hydrogen-bond acceptors (Lipinski definition) is 3. The van der Waals surface area contributed by atoms with Gasteiger partial charge in [-0.25, -0.2) is 0 Å². The molecule has 0 aromatic carbocycles. The van der Waals surface area contributed by atoms with Crippen molar-refractivity contribution in [3.8, 4) is 0 Å². The molecule has 0 N–H and O–H groups in total.